The lowest BCUT2D eigenvalue weighted by molar-refractivity contribution is 0.555. The predicted octanol–water partition coefficient (Wildman–Crippen LogP) is 1.66. The fourth-order valence-electron chi connectivity index (χ4n) is 2.24. The summed E-state index contributed by atoms with van der Waals surface area (Å²) in [5.74, 6) is 1.18. The molecule has 4 nitrogen and oxygen atoms in total. The molecule has 1 N–H and O–H groups in total. The van der Waals surface area contributed by atoms with Crippen LogP contribution in [0.3, 0.4) is 0 Å². The van der Waals surface area contributed by atoms with Gasteiger partial charge in [-0.25, -0.2) is 4.98 Å². The maximum absolute atomic E-state index is 4.77. The van der Waals surface area contributed by atoms with Crippen LogP contribution in [0.4, 0.5) is 5.95 Å². The molecule has 17 heavy (non-hydrogen) atoms. The number of rotatable bonds is 5. The number of unbranched alkanes of at least 4 members (excludes halogenated alkanes) is 1. The Morgan fingerprint density at radius 1 is 1.29 bits per heavy atom. The summed E-state index contributed by atoms with van der Waals surface area (Å²) in [6, 6.07) is 0. The second-order valence-corrected chi connectivity index (χ2v) is 4.67. The number of piperazine rings is 1. The summed E-state index contributed by atoms with van der Waals surface area (Å²) in [5, 5.41) is 3.39. The van der Waals surface area contributed by atoms with Gasteiger partial charge in [-0.2, -0.15) is 0 Å². The number of nitrogens with one attached hydrogen (secondary N) is 1. The molecular formula is C13H24N4. The smallest absolute Gasteiger partial charge is 0.205 e. The molecule has 96 valence electrons. The number of hydrogen-bond acceptors (Lipinski definition) is 3. The number of hydrogen-bond donors (Lipinski definition) is 1. The van der Waals surface area contributed by atoms with E-state index in [0.29, 0.717) is 0 Å². The summed E-state index contributed by atoms with van der Waals surface area (Å²) in [4.78, 5) is 7.17. The van der Waals surface area contributed by atoms with Crippen molar-refractivity contribution in [3.05, 3.63) is 11.9 Å². The summed E-state index contributed by atoms with van der Waals surface area (Å²) >= 11 is 0. The van der Waals surface area contributed by atoms with Crippen LogP contribution >= 0.6 is 0 Å². The molecule has 1 fully saturated rings. The Labute approximate surface area is 104 Å². The van der Waals surface area contributed by atoms with E-state index in [0.717, 1.165) is 39.1 Å². The fraction of sp³-hybridized carbons (Fsp3) is 0.769. The topological polar surface area (TPSA) is 33.1 Å². The molecule has 0 aromatic carbocycles. The van der Waals surface area contributed by atoms with Crippen molar-refractivity contribution in [1.82, 2.24) is 14.9 Å². The Morgan fingerprint density at radius 3 is 2.71 bits per heavy atom. The van der Waals surface area contributed by atoms with Crippen LogP contribution in [0.5, 0.6) is 0 Å². The van der Waals surface area contributed by atoms with Gasteiger partial charge in [0, 0.05) is 38.9 Å². The fourth-order valence-corrected chi connectivity index (χ4v) is 2.24. The van der Waals surface area contributed by atoms with Crippen molar-refractivity contribution in [3.8, 4) is 0 Å². The third kappa shape index (κ3) is 3.00. The molecule has 0 radical (unpaired) electrons. The molecule has 0 bridgehead atoms. The Morgan fingerprint density at radius 2 is 2.06 bits per heavy atom. The number of aryl methyl sites for hydroxylation is 2. The van der Waals surface area contributed by atoms with Crippen LogP contribution in [-0.2, 0) is 13.0 Å². The molecular weight excluding hydrogens is 212 g/mol. The van der Waals surface area contributed by atoms with Gasteiger partial charge in [-0.1, -0.05) is 20.3 Å². The van der Waals surface area contributed by atoms with Gasteiger partial charge < -0.3 is 14.8 Å². The Kier molecular flexibility index (Phi) is 4.42. The third-order valence-electron chi connectivity index (χ3n) is 3.32. The van der Waals surface area contributed by atoms with Gasteiger partial charge in [0.05, 0.1) is 5.69 Å². The second-order valence-electron chi connectivity index (χ2n) is 4.67. The number of nitrogens with zero attached hydrogens (tertiary/aromatic N) is 3. The first-order valence-corrected chi connectivity index (χ1v) is 6.86. The average Bonchev–Trinajstić information content (AvgIpc) is 2.80. The summed E-state index contributed by atoms with van der Waals surface area (Å²) in [6.45, 7) is 9.81. The summed E-state index contributed by atoms with van der Waals surface area (Å²) in [7, 11) is 0. The zero-order chi connectivity index (χ0) is 12.1. The highest BCUT2D eigenvalue weighted by molar-refractivity contribution is 5.34. The standard InChI is InChI=1S/C13H24N4/c1-3-5-8-17-11-12(4-2)15-13(17)16-9-6-14-7-10-16/h11,14H,3-10H2,1-2H3. The van der Waals surface area contributed by atoms with E-state index in [4.69, 9.17) is 4.98 Å². The first kappa shape index (κ1) is 12.4. The van der Waals surface area contributed by atoms with Crippen LogP contribution in [0.15, 0.2) is 6.20 Å². The van der Waals surface area contributed by atoms with Crippen molar-refractivity contribution in [2.45, 2.75) is 39.7 Å². The minimum absolute atomic E-state index is 1.03. The highest BCUT2D eigenvalue weighted by Gasteiger charge is 2.16. The monoisotopic (exact) mass is 236 g/mol. The maximum atomic E-state index is 4.77. The molecule has 1 saturated heterocycles. The molecule has 1 aliphatic heterocycles. The quantitative estimate of drug-likeness (QED) is 0.844. The van der Waals surface area contributed by atoms with Crippen molar-refractivity contribution in [1.29, 1.82) is 0 Å². The predicted molar refractivity (Wildman–Crippen MR) is 71.6 cm³/mol. The van der Waals surface area contributed by atoms with Gasteiger partial charge in [-0.15, -0.1) is 0 Å². The molecule has 1 aliphatic rings. The highest BCUT2D eigenvalue weighted by Crippen LogP contribution is 2.16. The van der Waals surface area contributed by atoms with Crippen molar-refractivity contribution in [2.24, 2.45) is 0 Å². The van der Waals surface area contributed by atoms with Crippen LogP contribution in [-0.4, -0.2) is 35.7 Å². The first-order chi connectivity index (χ1) is 8.35. The van der Waals surface area contributed by atoms with Crippen LogP contribution in [0.1, 0.15) is 32.4 Å². The van der Waals surface area contributed by atoms with Crippen molar-refractivity contribution >= 4 is 5.95 Å². The molecule has 4 heteroatoms. The highest BCUT2D eigenvalue weighted by atomic mass is 15.3. The van der Waals surface area contributed by atoms with E-state index in [1.807, 2.05) is 0 Å². The molecule has 0 saturated carbocycles. The Hall–Kier alpha value is -1.03. The molecule has 0 amide bonds. The van der Waals surface area contributed by atoms with E-state index in [9.17, 15) is 0 Å². The summed E-state index contributed by atoms with van der Waals surface area (Å²) < 4.78 is 2.34. The van der Waals surface area contributed by atoms with Crippen LogP contribution in [0, 0.1) is 0 Å². The van der Waals surface area contributed by atoms with Crippen LogP contribution in [0.25, 0.3) is 0 Å². The zero-order valence-electron chi connectivity index (χ0n) is 11.1. The molecule has 1 aromatic rings. The van der Waals surface area contributed by atoms with Gasteiger partial charge in [0.2, 0.25) is 5.95 Å². The Balaban J connectivity index is 2.14. The lowest BCUT2D eigenvalue weighted by Crippen LogP contribution is -2.44. The van der Waals surface area contributed by atoms with Crippen molar-refractivity contribution < 1.29 is 0 Å². The van der Waals surface area contributed by atoms with Crippen molar-refractivity contribution in [3.63, 3.8) is 0 Å². The summed E-state index contributed by atoms with van der Waals surface area (Å²) in [6.07, 6.45) is 5.73. The van der Waals surface area contributed by atoms with Gasteiger partial charge in [-0.05, 0) is 12.8 Å². The molecule has 2 rings (SSSR count). The molecule has 0 spiro atoms. The second kappa shape index (κ2) is 6.05. The normalized spacial score (nSPS) is 16.5. The van der Waals surface area contributed by atoms with Gasteiger partial charge in [0.15, 0.2) is 0 Å². The van der Waals surface area contributed by atoms with E-state index < -0.39 is 0 Å². The SMILES string of the molecule is CCCCn1cc(CC)nc1N1CCNCC1. The van der Waals surface area contributed by atoms with E-state index in [-0.39, 0.29) is 0 Å². The van der Waals surface area contributed by atoms with E-state index in [1.165, 1.54) is 24.5 Å². The third-order valence-corrected chi connectivity index (χ3v) is 3.32. The molecule has 0 unspecified atom stereocenters. The first-order valence-electron chi connectivity index (χ1n) is 6.86. The van der Waals surface area contributed by atoms with Gasteiger partial charge in [0.25, 0.3) is 0 Å². The Bertz CT molecular complexity index is 339. The minimum Gasteiger partial charge on any atom is -0.340 e. The number of aromatic nitrogens is 2. The number of imidazole rings is 1. The van der Waals surface area contributed by atoms with Crippen LogP contribution < -0.4 is 10.2 Å². The van der Waals surface area contributed by atoms with Crippen molar-refractivity contribution in [2.75, 3.05) is 31.1 Å². The molecule has 0 atom stereocenters. The molecule has 2 heterocycles. The maximum Gasteiger partial charge on any atom is 0.205 e. The lowest BCUT2D eigenvalue weighted by Gasteiger charge is -2.28. The number of anilines is 1. The molecule has 1 aromatic heterocycles. The van der Waals surface area contributed by atoms with Gasteiger partial charge >= 0.3 is 0 Å². The minimum atomic E-state index is 1.03. The van der Waals surface area contributed by atoms with E-state index in [1.54, 1.807) is 0 Å². The molecule has 0 aliphatic carbocycles. The lowest BCUT2D eigenvalue weighted by atomic mass is 10.3. The van der Waals surface area contributed by atoms with Gasteiger partial charge in [0.1, 0.15) is 0 Å². The van der Waals surface area contributed by atoms with E-state index in [2.05, 4.69) is 34.8 Å². The largest absolute Gasteiger partial charge is 0.340 e. The zero-order valence-corrected chi connectivity index (χ0v) is 11.1. The average molecular weight is 236 g/mol. The van der Waals surface area contributed by atoms with Crippen LogP contribution in [0.2, 0.25) is 0 Å². The summed E-state index contributed by atoms with van der Waals surface area (Å²) in [5.41, 5.74) is 1.22. The van der Waals surface area contributed by atoms with E-state index >= 15 is 0 Å². The van der Waals surface area contributed by atoms with Gasteiger partial charge in [-0.3, -0.25) is 0 Å².